The monoisotopic (exact) mass is 99.0 g/mol. The van der Waals surface area contributed by atoms with Crippen LogP contribution in [0.1, 0.15) is 12.8 Å². The second kappa shape index (κ2) is 4.91. The van der Waals surface area contributed by atoms with Crippen molar-refractivity contribution < 1.29 is 0 Å². The molecule has 1 radical (unpaired) electrons. The van der Waals surface area contributed by atoms with Gasteiger partial charge < -0.3 is 0 Å². The minimum absolute atomic E-state index is 0.753. The average molecular weight is 99.2 g/mol. The summed E-state index contributed by atoms with van der Waals surface area (Å²) in [6.07, 6.45) is 8.15. The molecule has 0 atom stereocenters. The number of unbranched alkanes of at least 4 members (excludes halogenated alkanes) is 1. The van der Waals surface area contributed by atoms with Gasteiger partial charge in [-0.05, 0) is 18.6 Å². The van der Waals surface area contributed by atoms with Gasteiger partial charge >= 0.3 is 0 Å². The molecule has 0 heterocycles. The van der Waals surface area contributed by atoms with E-state index in [9.17, 15) is 0 Å². The van der Waals surface area contributed by atoms with E-state index in [2.05, 4.69) is 18.5 Å². The molecule has 0 nitrogen and oxygen atoms in total. The molecule has 0 aliphatic heterocycles. The molecule has 0 unspecified atom stereocenters. The third-order valence-corrected chi connectivity index (χ3v) is 0.776. The largest absolute Gasteiger partial charge is 0.179 e. The van der Waals surface area contributed by atoms with Crippen molar-refractivity contribution in [1.82, 2.24) is 0 Å². The molecule has 0 bridgehead atoms. The highest BCUT2D eigenvalue weighted by Crippen LogP contribution is 1.86. The lowest BCUT2D eigenvalue weighted by molar-refractivity contribution is 1.00. The van der Waals surface area contributed by atoms with Gasteiger partial charge in [-0.2, -0.15) is 12.6 Å². The molecular formula is C5H7S. The normalized spacial score (nSPS) is 7.33. The molecule has 0 spiro atoms. The predicted octanol–water partition coefficient (Wildman–Crippen LogP) is 1.29. The Kier molecular flexibility index (Phi) is 4.84. The molecule has 0 aliphatic carbocycles. The summed E-state index contributed by atoms with van der Waals surface area (Å²) in [5.41, 5.74) is 0. The van der Waals surface area contributed by atoms with E-state index < -0.39 is 0 Å². The van der Waals surface area contributed by atoms with E-state index >= 15 is 0 Å². The van der Waals surface area contributed by atoms with Crippen LogP contribution in [0.2, 0.25) is 0 Å². The Hall–Kier alpha value is -0.0900. The molecule has 0 rings (SSSR count). The molecule has 6 heavy (non-hydrogen) atoms. The van der Waals surface area contributed by atoms with Crippen molar-refractivity contribution in [2.24, 2.45) is 0 Å². The van der Waals surface area contributed by atoms with Crippen molar-refractivity contribution >= 4 is 12.6 Å². The maximum Gasteiger partial charge on any atom is 0.0107 e. The van der Waals surface area contributed by atoms with Crippen molar-refractivity contribution in [3.8, 4) is 5.92 Å². The van der Waals surface area contributed by atoms with E-state index in [0.29, 0.717) is 0 Å². The second-order valence-electron chi connectivity index (χ2n) is 1.00. The smallest absolute Gasteiger partial charge is 0.0107 e. The third-order valence-electron chi connectivity index (χ3n) is 0.460. The van der Waals surface area contributed by atoms with E-state index in [1.807, 2.05) is 0 Å². The number of hydrogen-bond donors (Lipinski definition) is 1. The maximum absolute atomic E-state index is 6.42. The van der Waals surface area contributed by atoms with Gasteiger partial charge in [0.2, 0.25) is 0 Å². The molecule has 0 saturated heterocycles. The summed E-state index contributed by atoms with van der Waals surface area (Å²) >= 11 is 3.93. The first-order valence-corrected chi connectivity index (χ1v) is 2.55. The SMILES string of the molecule is [C]#CCCCS. The maximum atomic E-state index is 6.42. The van der Waals surface area contributed by atoms with Crippen LogP contribution in [0.5, 0.6) is 0 Å². The first-order valence-electron chi connectivity index (χ1n) is 1.92. The summed E-state index contributed by atoms with van der Waals surface area (Å²) in [6, 6.07) is 0. The zero-order valence-electron chi connectivity index (χ0n) is 3.57. The molecule has 0 aliphatic rings. The van der Waals surface area contributed by atoms with E-state index in [1.165, 1.54) is 0 Å². The number of rotatable bonds is 2. The number of thiol groups is 1. The minimum atomic E-state index is 0.753. The fraction of sp³-hybridized carbons (Fsp3) is 0.600. The standard InChI is InChI=1S/C5H7S/c1-2-3-4-5-6/h6H,3-5H2. The van der Waals surface area contributed by atoms with E-state index in [-0.39, 0.29) is 0 Å². The molecule has 0 amide bonds. The molecule has 0 saturated carbocycles. The zero-order chi connectivity index (χ0) is 4.83. The Balaban J connectivity index is 2.54. The Morgan fingerprint density at radius 3 is 2.50 bits per heavy atom. The van der Waals surface area contributed by atoms with Crippen LogP contribution in [-0.4, -0.2) is 5.75 Å². The Labute approximate surface area is 44.4 Å². The molecule has 0 fully saturated rings. The highest BCUT2D eigenvalue weighted by atomic mass is 32.1. The van der Waals surface area contributed by atoms with Crippen LogP contribution in [0.3, 0.4) is 0 Å². The summed E-state index contributed by atoms with van der Waals surface area (Å²) in [5, 5.41) is 0. The van der Waals surface area contributed by atoms with Crippen molar-refractivity contribution in [1.29, 1.82) is 0 Å². The topological polar surface area (TPSA) is 0 Å². The minimum Gasteiger partial charge on any atom is -0.179 e. The molecular weight excluding hydrogens is 92.1 g/mol. The van der Waals surface area contributed by atoms with Crippen LogP contribution in [0, 0.1) is 12.3 Å². The number of hydrogen-bond acceptors (Lipinski definition) is 1. The van der Waals surface area contributed by atoms with Gasteiger partial charge in [0.25, 0.3) is 0 Å². The lowest BCUT2D eigenvalue weighted by Gasteiger charge is -1.78. The van der Waals surface area contributed by atoms with Gasteiger partial charge in [-0.25, -0.2) is 0 Å². The quantitative estimate of drug-likeness (QED) is 0.301. The van der Waals surface area contributed by atoms with Gasteiger partial charge in [-0.3, -0.25) is 0 Å². The van der Waals surface area contributed by atoms with Crippen LogP contribution >= 0.6 is 12.6 Å². The zero-order valence-corrected chi connectivity index (χ0v) is 4.46. The van der Waals surface area contributed by atoms with Crippen molar-refractivity contribution in [3.05, 3.63) is 6.42 Å². The highest BCUT2D eigenvalue weighted by Gasteiger charge is 1.72. The van der Waals surface area contributed by atoms with Crippen molar-refractivity contribution in [3.63, 3.8) is 0 Å². The van der Waals surface area contributed by atoms with Crippen molar-refractivity contribution in [2.75, 3.05) is 5.75 Å². The summed E-state index contributed by atoms with van der Waals surface area (Å²) in [4.78, 5) is 0. The van der Waals surface area contributed by atoms with Gasteiger partial charge in [0, 0.05) is 6.42 Å². The van der Waals surface area contributed by atoms with Gasteiger partial charge in [-0.1, -0.05) is 5.92 Å². The van der Waals surface area contributed by atoms with Crippen LogP contribution in [0.4, 0.5) is 0 Å². The lowest BCUT2D eigenvalue weighted by atomic mass is 10.4. The first kappa shape index (κ1) is 5.91. The van der Waals surface area contributed by atoms with E-state index in [0.717, 1.165) is 18.6 Å². The predicted molar refractivity (Wildman–Crippen MR) is 30.2 cm³/mol. The first-order chi connectivity index (χ1) is 2.91. The summed E-state index contributed by atoms with van der Waals surface area (Å²) < 4.78 is 0. The van der Waals surface area contributed by atoms with Crippen LogP contribution in [0.25, 0.3) is 0 Å². The van der Waals surface area contributed by atoms with Crippen LogP contribution in [-0.2, 0) is 0 Å². The molecule has 0 aromatic rings. The summed E-state index contributed by atoms with van der Waals surface area (Å²) in [5.74, 6) is 3.14. The second-order valence-corrected chi connectivity index (χ2v) is 1.45. The molecule has 0 aromatic heterocycles. The van der Waals surface area contributed by atoms with Crippen LogP contribution in [0.15, 0.2) is 0 Å². The fourth-order valence-corrected chi connectivity index (χ4v) is 0.326. The molecule has 1 heteroatoms. The highest BCUT2D eigenvalue weighted by molar-refractivity contribution is 7.80. The van der Waals surface area contributed by atoms with Gasteiger partial charge in [-0.15, -0.1) is 0 Å². The lowest BCUT2D eigenvalue weighted by Crippen LogP contribution is -1.68. The Bertz CT molecular complexity index is 51.4. The Morgan fingerprint density at radius 2 is 2.33 bits per heavy atom. The summed E-state index contributed by atoms with van der Waals surface area (Å²) in [7, 11) is 0. The van der Waals surface area contributed by atoms with E-state index in [1.54, 1.807) is 0 Å². The Morgan fingerprint density at radius 1 is 1.67 bits per heavy atom. The van der Waals surface area contributed by atoms with Gasteiger partial charge in [0.05, 0.1) is 0 Å². The molecule has 33 valence electrons. The average Bonchev–Trinajstić information content (AvgIpc) is 1.61. The van der Waals surface area contributed by atoms with Gasteiger partial charge in [0.15, 0.2) is 0 Å². The summed E-state index contributed by atoms with van der Waals surface area (Å²) in [6.45, 7) is 0. The third kappa shape index (κ3) is 3.91. The fourth-order valence-electron chi connectivity index (χ4n) is 0.167. The van der Waals surface area contributed by atoms with Crippen LogP contribution < -0.4 is 0 Å². The molecule has 0 aromatic carbocycles. The molecule has 0 N–H and O–H groups in total. The van der Waals surface area contributed by atoms with E-state index in [4.69, 9.17) is 6.42 Å². The van der Waals surface area contributed by atoms with Gasteiger partial charge in [0.1, 0.15) is 0 Å². The van der Waals surface area contributed by atoms with Crippen molar-refractivity contribution in [2.45, 2.75) is 12.8 Å².